The van der Waals surface area contributed by atoms with Crippen LogP contribution in [-0.4, -0.2) is 32.0 Å². The first kappa shape index (κ1) is 18.4. The zero-order valence-corrected chi connectivity index (χ0v) is 15.6. The van der Waals surface area contributed by atoms with Crippen molar-refractivity contribution in [3.63, 3.8) is 0 Å². The average molecular weight is 385 g/mol. The van der Waals surface area contributed by atoms with Crippen molar-refractivity contribution < 1.29 is 9.53 Å². The van der Waals surface area contributed by atoms with Gasteiger partial charge in [-0.1, -0.05) is 18.2 Å². The van der Waals surface area contributed by atoms with Crippen LogP contribution in [-0.2, 0) is 6.54 Å². The smallest absolute Gasteiger partial charge is 0.251 e. The lowest BCUT2D eigenvalue weighted by Gasteiger charge is -2.09. The van der Waals surface area contributed by atoms with Crippen LogP contribution in [0.2, 0.25) is 0 Å². The number of carbonyl (C=O) groups is 1. The summed E-state index contributed by atoms with van der Waals surface area (Å²) in [6.07, 6.45) is 6.88. The molecule has 4 rings (SSSR count). The van der Waals surface area contributed by atoms with E-state index in [4.69, 9.17) is 4.74 Å². The molecule has 2 aromatic heterocycles. The zero-order valence-electron chi connectivity index (χ0n) is 15.6. The molecule has 0 spiro atoms. The Morgan fingerprint density at radius 1 is 0.862 bits per heavy atom. The topological polar surface area (TPSA) is 81.9 Å². The minimum atomic E-state index is -0.145. The third-order valence-corrected chi connectivity index (χ3v) is 4.21. The van der Waals surface area contributed by atoms with Gasteiger partial charge in [-0.05, 0) is 42.5 Å². The number of amides is 1. The number of nitrogens with one attached hydrogen (secondary N) is 1. The number of imidazole rings is 1. The molecule has 0 aliphatic heterocycles. The van der Waals surface area contributed by atoms with Crippen molar-refractivity contribution in [3.05, 3.63) is 91.0 Å². The summed E-state index contributed by atoms with van der Waals surface area (Å²) in [5, 5.41) is 2.92. The Balaban J connectivity index is 1.32. The van der Waals surface area contributed by atoms with Crippen molar-refractivity contribution >= 4 is 5.91 Å². The van der Waals surface area contributed by atoms with Gasteiger partial charge in [-0.25, -0.2) is 15.0 Å². The van der Waals surface area contributed by atoms with Crippen molar-refractivity contribution in [2.45, 2.75) is 6.54 Å². The molecule has 0 bridgehead atoms. The van der Waals surface area contributed by atoms with Crippen LogP contribution in [0.5, 0.6) is 11.5 Å². The molecular formula is C22H19N5O2. The predicted octanol–water partition coefficient (Wildman–Crippen LogP) is 3.56. The molecule has 4 aromatic rings. The lowest BCUT2D eigenvalue weighted by atomic mass is 10.2. The highest BCUT2D eigenvalue weighted by Gasteiger charge is 2.09. The quantitative estimate of drug-likeness (QED) is 0.526. The molecule has 2 aromatic carbocycles. The van der Waals surface area contributed by atoms with Gasteiger partial charge in [0, 0.05) is 43.4 Å². The highest BCUT2D eigenvalue weighted by molar-refractivity contribution is 5.94. The van der Waals surface area contributed by atoms with Crippen LogP contribution < -0.4 is 10.1 Å². The maximum absolute atomic E-state index is 12.4. The molecule has 0 aliphatic carbocycles. The number of para-hydroxylation sites is 1. The molecule has 29 heavy (non-hydrogen) atoms. The highest BCUT2D eigenvalue weighted by Crippen LogP contribution is 2.21. The van der Waals surface area contributed by atoms with Crippen molar-refractivity contribution in [3.8, 4) is 23.1 Å². The summed E-state index contributed by atoms with van der Waals surface area (Å²) in [7, 11) is 0. The van der Waals surface area contributed by atoms with Crippen molar-refractivity contribution in [1.29, 1.82) is 0 Å². The van der Waals surface area contributed by atoms with Gasteiger partial charge in [0.15, 0.2) is 11.6 Å². The van der Waals surface area contributed by atoms with Gasteiger partial charge >= 0.3 is 0 Å². The molecule has 0 atom stereocenters. The molecule has 1 amide bonds. The summed E-state index contributed by atoms with van der Waals surface area (Å²) >= 11 is 0. The maximum atomic E-state index is 12.4. The highest BCUT2D eigenvalue weighted by atomic mass is 16.5. The molecule has 0 unspecified atom stereocenters. The summed E-state index contributed by atoms with van der Waals surface area (Å²) in [6.45, 7) is 1.02. The molecule has 0 fully saturated rings. The Morgan fingerprint density at radius 2 is 1.59 bits per heavy atom. The summed E-state index contributed by atoms with van der Waals surface area (Å²) < 4.78 is 7.65. The van der Waals surface area contributed by atoms with Gasteiger partial charge < -0.3 is 14.6 Å². The Hall–Kier alpha value is -4.00. The van der Waals surface area contributed by atoms with Crippen LogP contribution >= 0.6 is 0 Å². The Bertz CT molecular complexity index is 1060. The van der Waals surface area contributed by atoms with Gasteiger partial charge in [-0.2, -0.15) is 0 Å². The second-order valence-electron chi connectivity index (χ2n) is 6.21. The molecule has 0 aliphatic rings. The van der Waals surface area contributed by atoms with E-state index >= 15 is 0 Å². The Kier molecular flexibility index (Phi) is 5.57. The number of aromatic nitrogens is 4. The first-order chi connectivity index (χ1) is 14.3. The minimum Gasteiger partial charge on any atom is -0.457 e. The van der Waals surface area contributed by atoms with Crippen LogP contribution in [0.25, 0.3) is 11.6 Å². The molecule has 1 N–H and O–H groups in total. The maximum Gasteiger partial charge on any atom is 0.251 e. The lowest BCUT2D eigenvalue weighted by Crippen LogP contribution is -2.27. The van der Waals surface area contributed by atoms with Gasteiger partial charge in [0.2, 0.25) is 0 Å². The molecule has 2 heterocycles. The second kappa shape index (κ2) is 8.79. The van der Waals surface area contributed by atoms with Gasteiger partial charge in [0.05, 0.1) is 0 Å². The Labute approximate surface area is 168 Å². The van der Waals surface area contributed by atoms with Gasteiger partial charge in [-0.3, -0.25) is 4.79 Å². The number of carbonyl (C=O) groups excluding carboxylic acids is 1. The number of nitrogens with zero attached hydrogens (tertiary/aromatic N) is 4. The second-order valence-corrected chi connectivity index (χ2v) is 6.21. The van der Waals surface area contributed by atoms with E-state index in [9.17, 15) is 4.79 Å². The van der Waals surface area contributed by atoms with E-state index in [1.165, 1.54) is 0 Å². The van der Waals surface area contributed by atoms with E-state index < -0.39 is 0 Å². The fourth-order valence-electron chi connectivity index (χ4n) is 2.80. The van der Waals surface area contributed by atoms with Crippen molar-refractivity contribution in [2.75, 3.05) is 6.54 Å². The van der Waals surface area contributed by atoms with E-state index in [-0.39, 0.29) is 5.91 Å². The zero-order chi connectivity index (χ0) is 19.9. The van der Waals surface area contributed by atoms with Gasteiger partial charge in [-0.15, -0.1) is 0 Å². The third-order valence-electron chi connectivity index (χ3n) is 4.21. The fourth-order valence-corrected chi connectivity index (χ4v) is 2.80. The number of hydrogen-bond acceptors (Lipinski definition) is 5. The normalized spacial score (nSPS) is 10.5. The minimum absolute atomic E-state index is 0.145. The lowest BCUT2D eigenvalue weighted by molar-refractivity contribution is 0.0952. The van der Waals surface area contributed by atoms with Crippen LogP contribution in [0.15, 0.2) is 85.5 Å². The molecule has 0 radical (unpaired) electrons. The molecule has 7 nitrogen and oxygen atoms in total. The Morgan fingerprint density at radius 3 is 2.34 bits per heavy atom. The van der Waals surface area contributed by atoms with E-state index in [1.54, 1.807) is 48.9 Å². The first-order valence-corrected chi connectivity index (χ1v) is 9.19. The third kappa shape index (κ3) is 4.65. The average Bonchev–Trinajstić information content (AvgIpc) is 3.24. The van der Waals surface area contributed by atoms with E-state index in [0.717, 1.165) is 5.75 Å². The van der Waals surface area contributed by atoms with Crippen molar-refractivity contribution in [2.24, 2.45) is 0 Å². The molecular weight excluding hydrogens is 366 g/mol. The molecule has 0 saturated carbocycles. The van der Waals surface area contributed by atoms with E-state index in [1.807, 2.05) is 41.1 Å². The summed E-state index contributed by atoms with van der Waals surface area (Å²) in [5.41, 5.74) is 0.572. The number of hydrogen-bond donors (Lipinski definition) is 1. The van der Waals surface area contributed by atoms with Crippen LogP contribution in [0.3, 0.4) is 0 Å². The fraction of sp³-hybridized carbons (Fsp3) is 0.0909. The first-order valence-electron chi connectivity index (χ1n) is 9.19. The number of rotatable bonds is 7. The molecule has 7 heteroatoms. The predicted molar refractivity (Wildman–Crippen MR) is 109 cm³/mol. The standard InChI is InChI=1S/C22H19N5O2/c28-22(17-7-9-19(10-8-17)29-18-5-2-1-3-6-18)26-14-16-27-15-13-25-21(27)20-23-11-4-12-24-20/h1-13,15H,14,16H2,(H,26,28). The number of ether oxygens (including phenoxy) is 1. The summed E-state index contributed by atoms with van der Waals surface area (Å²) in [5.74, 6) is 2.51. The van der Waals surface area contributed by atoms with E-state index in [2.05, 4.69) is 20.3 Å². The van der Waals surface area contributed by atoms with Gasteiger partial charge in [0.25, 0.3) is 5.91 Å². The summed E-state index contributed by atoms with van der Waals surface area (Å²) in [4.78, 5) is 25.1. The largest absolute Gasteiger partial charge is 0.457 e. The monoisotopic (exact) mass is 385 g/mol. The SMILES string of the molecule is O=C(NCCn1ccnc1-c1ncccn1)c1ccc(Oc2ccccc2)cc1. The van der Waals surface area contributed by atoms with Crippen LogP contribution in [0, 0.1) is 0 Å². The molecule has 0 saturated heterocycles. The van der Waals surface area contributed by atoms with Crippen molar-refractivity contribution in [1.82, 2.24) is 24.8 Å². The van der Waals surface area contributed by atoms with Gasteiger partial charge in [0.1, 0.15) is 11.5 Å². The van der Waals surface area contributed by atoms with Crippen LogP contribution in [0.4, 0.5) is 0 Å². The molecule has 144 valence electrons. The van der Waals surface area contributed by atoms with Crippen LogP contribution in [0.1, 0.15) is 10.4 Å². The summed E-state index contributed by atoms with van der Waals surface area (Å²) in [6, 6.07) is 18.3. The van der Waals surface area contributed by atoms with E-state index in [0.29, 0.717) is 36.1 Å². The number of benzene rings is 2.